The second-order valence-electron chi connectivity index (χ2n) is 5.27. The molecule has 2 rings (SSSR count). The number of rotatable bonds is 3. The Morgan fingerprint density at radius 2 is 1.82 bits per heavy atom. The molecule has 0 saturated carbocycles. The zero-order valence-electron chi connectivity index (χ0n) is 11.0. The Morgan fingerprint density at radius 1 is 1.18 bits per heavy atom. The lowest BCUT2D eigenvalue weighted by atomic mass is 9.96. The Balaban J connectivity index is 1.68. The largest absolute Gasteiger partial charge is 0.338 e. The SMILES string of the molecule is CCNC(=O)N1CCC(CN2CCCC2)CC1. The van der Waals surface area contributed by atoms with Crippen LogP contribution in [0.4, 0.5) is 4.79 Å². The van der Waals surface area contributed by atoms with Gasteiger partial charge in [-0.1, -0.05) is 0 Å². The van der Waals surface area contributed by atoms with Crippen molar-refractivity contribution in [1.29, 1.82) is 0 Å². The highest BCUT2D eigenvalue weighted by molar-refractivity contribution is 5.74. The number of nitrogens with zero attached hydrogens (tertiary/aromatic N) is 2. The Bertz CT molecular complexity index is 243. The lowest BCUT2D eigenvalue weighted by Gasteiger charge is -2.33. The van der Waals surface area contributed by atoms with Crippen molar-refractivity contribution >= 4 is 6.03 Å². The Labute approximate surface area is 104 Å². The molecule has 2 saturated heterocycles. The summed E-state index contributed by atoms with van der Waals surface area (Å²) in [5.41, 5.74) is 0. The lowest BCUT2D eigenvalue weighted by molar-refractivity contribution is 0.155. The Morgan fingerprint density at radius 3 is 2.41 bits per heavy atom. The molecule has 0 aliphatic carbocycles. The van der Waals surface area contributed by atoms with E-state index < -0.39 is 0 Å². The van der Waals surface area contributed by atoms with Gasteiger partial charge in [0.25, 0.3) is 0 Å². The van der Waals surface area contributed by atoms with E-state index in [1.165, 1.54) is 45.3 Å². The van der Waals surface area contributed by atoms with Crippen LogP contribution in [0.15, 0.2) is 0 Å². The summed E-state index contributed by atoms with van der Waals surface area (Å²) in [6, 6.07) is 0.118. The third-order valence-electron chi connectivity index (χ3n) is 3.94. The van der Waals surface area contributed by atoms with Gasteiger partial charge in [0.05, 0.1) is 0 Å². The third kappa shape index (κ3) is 3.60. The highest BCUT2D eigenvalue weighted by atomic mass is 16.2. The van der Waals surface area contributed by atoms with Gasteiger partial charge >= 0.3 is 6.03 Å². The van der Waals surface area contributed by atoms with E-state index in [0.717, 1.165) is 25.6 Å². The highest BCUT2D eigenvalue weighted by Crippen LogP contribution is 2.20. The second kappa shape index (κ2) is 6.24. The average molecular weight is 239 g/mol. The predicted octanol–water partition coefficient (Wildman–Crippen LogP) is 1.52. The van der Waals surface area contributed by atoms with Gasteiger partial charge in [-0.05, 0) is 51.6 Å². The van der Waals surface area contributed by atoms with Crippen molar-refractivity contribution < 1.29 is 4.79 Å². The summed E-state index contributed by atoms with van der Waals surface area (Å²) in [5, 5.41) is 2.88. The van der Waals surface area contributed by atoms with Crippen LogP contribution in [-0.2, 0) is 0 Å². The van der Waals surface area contributed by atoms with Gasteiger partial charge in [0.15, 0.2) is 0 Å². The van der Waals surface area contributed by atoms with Crippen molar-refractivity contribution in [3.8, 4) is 0 Å². The van der Waals surface area contributed by atoms with Crippen molar-refractivity contribution in [2.45, 2.75) is 32.6 Å². The van der Waals surface area contributed by atoms with Gasteiger partial charge in [-0.25, -0.2) is 4.79 Å². The monoisotopic (exact) mass is 239 g/mol. The molecule has 4 nitrogen and oxygen atoms in total. The molecular formula is C13H25N3O. The normalized spacial score (nSPS) is 23.0. The zero-order valence-corrected chi connectivity index (χ0v) is 11.0. The predicted molar refractivity (Wildman–Crippen MR) is 69.0 cm³/mol. The number of piperidine rings is 1. The molecule has 98 valence electrons. The van der Waals surface area contributed by atoms with Crippen molar-refractivity contribution in [2.75, 3.05) is 39.3 Å². The summed E-state index contributed by atoms with van der Waals surface area (Å²) in [6.07, 6.45) is 5.09. The molecule has 0 atom stereocenters. The van der Waals surface area contributed by atoms with Gasteiger partial charge in [0.2, 0.25) is 0 Å². The van der Waals surface area contributed by atoms with Crippen LogP contribution in [-0.4, -0.2) is 55.1 Å². The van der Waals surface area contributed by atoms with Gasteiger partial charge in [0.1, 0.15) is 0 Å². The van der Waals surface area contributed by atoms with E-state index in [1.807, 2.05) is 11.8 Å². The molecule has 0 aromatic heterocycles. The Kier molecular flexibility index (Phi) is 4.66. The molecule has 0 bridgehead atoms. The lowest BCUT2D eigenvalue weighted by Crippen LogP contribution is -2.45. The molecular weight excluding hydrogens is 214 g/mol. The highest BCUT2D eigenvalue weighted by Gasteiger charge is 2.24. The van der Waals surface area contributed by atoms with E-state index in [4.69, 9.17) is 0 Å². The van der Waals surface area contributed by atoms with Crippen LogP contribution in [0.2, 0.25) is 0 Å². The van der Waals surface area contributed by atoms with E-state index in [-0.39, 0.29) is 6.03 Å². The maximum Gasteiger partial charge on any atom is 0.317 e. The first-order valence-electron chi connectivity index (χ1n) is 7.04. The molecule has 2 heterocycles. The van der Waals surface area contributed by atoms with Crippen LogP contribution >= 0.6 is 0 Å². The first-order chi connectivity index (χ1) is 8.29. The standard InChI is InChI=1S/C13H25N3O/c1-2-14-13(17)16-9-5-12(6-10-16)11-15-7-3-4-8-15/h12H,2-11H2,1H3,(H,14,17). The van der Waals surface area contributed by atoms with Crippen molar-refractivity contribution in [3.63, 3.8) is 0 Å². The summed E-state index contributed by atoms with van der Waals surface area (Å²) in [7, 11) is 0. The maximum atomic E-state index is 11.7. The molecule has 0 aromatic rings. The smallest absolute Gasteiger partial charge is 0.317 e. The fourth-order valence-corrected chi connectivity index (χ4v) is 2.91. The number of carbonyl (C=O) groups excluding carboxylic acids is 1. The zero-order chi connectivity index (χ0) is 12.1. The molecule has 2 aliphatic rings. The number of amides is 2. The van der Waals surface area contributed by atoms with Gasteiger partial charge in [-0.2, -0.15) is 0 Å². The first-order valence-corrected chi connectivity index (χ1v) is 7.04. The molecule has 4 heteroatoms. The van der Waals surface area contributed by atoms with E-state index in [2.05, 4.69) is 10.2 Å². The first kappa shape index (κ1) is 12.7. The fraction of sp³-hybridized carbons (Fsp3) is 0.923. The van der Waals surface area contributed by atoms with Crippen LogP contribution in [0.1, 0.15) is 32.6 Å². The topological polar surface area (TPSA) is 35.6 Å². The number of hydrogen-bond donors (Lipinski definition) is 1. The molecule has 2 aliphatic heterocycles. The maximum absolute atomic E-state index is 11.7. The van der Waals surface area contributed by atoms with Crippen molar-refractivity contribution in [2.24, 2.45) is 5.92 Å². The van der Waals surface area contributed by atoms with Crippen LogP contribution in [0.3, 0.4) is 0 Å². The minimum atomic E-state index is 0.118. The van der Waals surface area contributed by atoms with Gasteiger partial charge in [-0.3, -0.25) is 0 Å². The molecule has 0 aromatic carbocycles. The van der Waals surface area contributed by atoms with Crippen molar-refractivity contribution in [3.05, 3.63) is 0 Å². The average Bonchev–Trinajstić information content (AvgIpc) is 2.83. The number of nitrogens with one attached hydrogen (secondary N) is 1. The van der Waals surface area contributed by atoms with E-state index in [1.54, 1.807) is 0 Å². The number of carbonyl (C=O) groups is 1. The van der Waals surface area contributed by atoms with Crippen LogP contribution < -0.4 is 5.32 Å². The van der Waals surface area contributed by atoms with Gasteiger partial charge < -0.3 is 15.1 Å². The van der Waals surface area contributed by atoms with Crippen LogP contribution in [0.25, 0.3) is 0 Å². The number of likely N-dealkylation sites (tertiary alicyclic amines) is 2. The van der Waals surface area contributed by atoms with Gasteiger partial charge in [0, 0.05) is 26.2 Å². The molecule has 0 radical (unpaired) electrons. The van der Waals surface area contributed by atoms with E-state index in [0.29, 0.717) is 0 Å². The third-order valence-corrected chi connectivity index (χ3v) is 3.94. The number of hydrogen-bond acceptors (Lipinski definition) is 2. The summed E-state index contributed by atoms with van der Waals surface area (Å²) < 4.78 is 0. The summed E-state index contributed by atoms with van der Waals surface area (Å²) in [5.74, 6) is 0.804. The molecule has 17 heavy (non-hydrogen) atoms. The summed E-state index contributed by atoms with van der Waals surface area (Å²) in [4.78, 5) is 16.2. The van der Waals surface area contributed by atoms with Gasteiger partial charge in [-0.15, -0.1) is 0 Å². The molecule has 1 N–H and O–H groups in total. The fourth-order valence-electron chi connectivity index (χ4n) is 2.91. The van der Waals surface area contributed by atoms with Crippen LogP contribution in [0.5, 0.6) is 0 Å². The molecule has 0 unspecified atom stereocenters. The second-order valence-corrected chi connectivity index (χ2v) is 5.27. The minimum absolute atomic E-state index is 0.118. The molecule has 2 amide bonds. The van der Waals surface area contributed by atoms with Crippen molar-refractivity contribution in [1.82, 2.24) is 15.1 Å². The van der Waals surface area contributed by atoms with E-state index >= 15 is 0 Å². The molecule has 2 fully saturated rings. The van der Waals surface area contributed by atoms with E-state index in [9.17, 15) is 4.79 Å². The number of urea groups is 1. The Hall–Kier alpha value is -0.770. The summed E-state index contributed by atoms with van der Waals surface area (Å²) >= 11 is 0. The summed E-state index contributed by atoms with van der Waals surface area (Å²) in [6.45, 7) is 8.40. The van der Waals surface area contributed by atoms with Crippen LogP contribution in [0, 0.1) is 5.92 Å². The quantitative estimate of drug-likeness (QED) is 0.810. The minimum Gasteiger partial charge on any atom is -0.338 e. The molecule has 0 spiro atoms.